The number of unbranched alkanes of at least 4 members (excludes halogenated alkanes) is 30. The molecule has 0 heterocycles. The summed E-state index contributed by atoms with van der Waals surface area (Å²) in [6, 6.07) is 0. The van der Waals surface area contributed by atoms with Crippen LogP contribution < -0.4 is 0 Å². The molecule has 0 rings (SSSR count). The van der Waals surface area contributed by atoms with Gasteiger partial charge in [-0.25, -0.2) is 0 Å². The summed E-state index contributed by atoms with van der Waals surface area (Å²) in [7, 11) is 0. The largest absolute Gasteiger partial charge is 0.462 e. The van der Waals surface area contributed by atoms with Crippen LogP contribution in [0.5, 0.6) is 0 Å². The summed E-state index contributed by atoms with van der Waals surface area (Å²) < 4.78 is 16.9. The molecule has 0 saturated heterocycles. The fourth-order valence-electron chi connectivity index (χ4n) is 8.35. The van der Waals surface area contributed by atoms with E-state index in [1.165, 1.54) is 141 Å². The third-order valence-electron chi connectivity index (χ3n) is 12.9. The average molecular weight is 1000 g/mol. The van der Waals surface area contributed by atoms with Gasteiger partial charge in [0.1, 0.15) is 13.2 Å². The van der Waals surface area contributed by atoms with Crippen LogP contribution in [-0.2, 0) is 28.6 Å². The SMILES string of the molecule is CC/C=C\C/C=C\C/C=C\CCCCCCCCCCCC(=O)OCC(COC(=O)CCCCCCCCC/C=C\CCCCCCCC)OC(=O)CCCCCCC\C=C/C=C\C=C/C=C\CCCCC. The average Bonchev–Trinajstić information content (AvgIpc) is 3.38. The summed E-state index contributed by atoms with van der Waals surface area (Å²) >= 11 is 0. The Morgan fingerprint density at radius 3 is 1.01 bits per heavy atom. The maximum Gasteiger partial charge on any atom is 0.306 e. The monoisotopic (exact) mass is 1000 g/mol. The van der Waals surface area contributed by atoms with Crippen molar-refractivity contribution in [2.75, 3.05) is 13.2 Å². The highest BCUT2D eigenvalue weighted by atomic mass is 16.6. The molecule has 0 aromatic carbocycles. The van der Waals surface area contributed by atoms with E-state index in [9.17, 15) is 14.4 Å². The topological polar surface area (TPSA) is 78.9 Å². The van der Waals surface area contributed by atoms with Crippen LogP contribution in [-0.4, -0.2) is 37.2 Å². The van der Waals surface area contributed by atoms with Gasteiger partial charge >= 0.3 is 17.9 Å². The smallest absolute Gasteiger partial charge is 0.306 e. The van der Waals surface area contributed by atoms with Crippen molar-refractivity contribution in [2.45, 2.75) is 290 Å². The minimum Gasteiger partial charge on any atom is -0.462 e. The molecule has 72 heavy (non-hydrogen) atoms. The van der Waals surface area contributed by atoms with E-state index in [0.29, 0.717) is 19.3 Å². The van der Waals surface area contributed by atoms with Crippen molar-refractivity contribution in [2.24, 2.45) is 0 Å². The number of carbonyl (C=O) groups is 3. The Kier molecular flexibility index (Phi) is 56.8. The van der Waals surface area contributed by atoms with Gasteiger partial charge < -0.3 is 14.2 Å². The summed E-state index contributed by atoms with van der Waals surface area (Å²) in [6.07, 6.45) is 79.6. The predicted octanol–water partition coefficient (Wildman–Crippen LogP) is 20.5. The molecule has 1 atom stereocenters. The van der Waals surface area contributed by atoms with Crippen LogP contribution in [0.3, 0.4) is 0 Å². The Labute approximate surface area is 445 Å². The number of hydrogen-bond acceptors (Lipinski definition) is 6. The lowest BCUT2D eigenvalue weighted by Crippen LogP contribution is -2.30. The second-order valence-electron chi connectivity index (χ2n) is 20.0. The Bertz CT molecular complexity index is 1430. The number of ether oxygens (including phenoxy) is 3. The van der Waals surface area contributed by atoms with Crippen LogP contribution in [0.25, 0.3) is 0 Å². The zero-order valence-electron chi connectivity index (χ0n) is 47.2. The number of rotatable bonds is 54. The third-order valence-corrected chi connectivity index (χ3v) is 12.9. The summed E-state index contributed by atoms with van der Waals surface area (Å²) in [5.41, 5.74) is 0. The van der Waals surface area contributed by atoms with E-state index in [4.69, 9.17) is 14.2 Å². The van der Waals surface area contributed by atoms with Crippen LogP contribution >= 0.6 is 0 Å². The summed E-state index contributed by atoms with van der Waals surface area (Å²) in [6.45, 7) is 6.48. The molecule has 412 valence electrons. The maximum atomic E-state index is 12.9. The Morgan fingerprint density at radius 1 is 0.306 bits per heavy atom. The molecule has 0 N–H and O–H groups in total. The normalized spacial score (nSPS) is 12.8. The quantitative estimate of drug-likeness (QED) is 0.0199. The van der Waals surface area contributed by atoms with Crippen molar-refractivity contribution in [1.29, 1.82) is 0 Å². The van der Waals surface area contributed by atoms with Gasteiger partial charge in [0.2, 0.25) is 0 Å². The highest BCUT2D eigenvalue weighted by Gasteiger charge is 2.19. The number of carbonyl (C=O) groups excluding carboxylic acids is 3. The predicted molar refractivity (Wildman–Crippen MR) is 311 cm³/mol. The van der Waals surface area contributed by atoms with Gasteiger partial charge in [0.05, 0.1) is 0 Å². The van der Waals surface area contributed by atoms with E-state index in [1.807, 2.05) is 0 Å². The fraction of sp³-hybridized carbons (Fsp3) is 0.712. The van der Waals surface area contributed by atoms with Crippen molar-refractivity contribution in [3.63, 3.8) is 0 Å². The van der Waals surface area contributed by atoms with Gasteiger partial charge in [-0.05, 0) is 103 Å². The molecule has 0 aliphatic carbocycles. The molecule has 0 bridgehead atoms. The molecular weight excluding hydrogens is 889 g/mol. The van der Waals surface area contributed by atoms with Crippen molar-refractivity contribution in [1.82, 2.24) is 0 Å². The van der Waals surface area contributed by atoms with Gasteiger partial charge in [0.25, 0.3) is 0 Å². The molecule has 0 aliphatic rings. The van der Waals surface area contributed by atoms with E-state index in [2.05, 4.69) is 118 Å². The lowest BCUT2D eigenvalue weighted by molar-refractivity contribution is -0.167. The molecule has 0 aromatic rings. The molecule has 0 aliphatic heterocycles. The van der Waals surface area contributed by atoms with Crippen LogP contribution in [0.15, 0.2) is 97.2 Å². The zero-order valence-corrected chi connectivity index (χ0v) is 47.2. The molecule has 0 amide bonds. The van der Waals surface area contributed by atoms with Crippen LogP contribution in [0.2, 0.25) is 0 Å². The Hall–Kier alpha value is -3.67. The highest BCUT2D eigenvalue weighted by Crippen LogP contribution is 2.15. The van der Waals surface area contributed by atoms with Gasteiger partial charge in [0, 0.05) is 19.3 Å². The molecule has 0 radical (unpaired) electrons. The molecule has 6 heteroatoms. The molecule has 6 nitrogen and oxygen atoms in total. The van der Waals surface area contributed by atoms with Gasteiger partial charge in [-0.3, -0.25) is 14.4 Å². The molecule has 0 spiro atoms. The zero-order chi connectivity index (χ0) is 52.2. The van der Waals surface area contributed by atoms with Crippen molar-refractivity contribution in [3.8, 4) is 0 Å². The van der Waals surface area contributed by atoms with Gasteiger partial charge in [-0.2, -0.15) is 0 Å². The van der Waals surface area contributed by atoms with E-state index in [-0.39, 0.29) is 31.1 Å². The van der Waals surface area contributed by atoms with E-state index in [1.54, 1.807) is 0 Å². The first-order valence-corrected chi connectivity index (χ1v) is 30.3. The summed E-state index contributed by atoms with van der Waals surface area (Å²) in [4.78, 5) is 38.3. The second kappa shape index (κ2) is 59.9. The summed E-state index contributed by atoms with van der Waals surface area (Å²) in [5, 5.41) is 0. The third kappa shape index (κ3) is 57.2. The minimum absolute atomic E-state index is 0.0911. The minimum atomic E-state index is -0.796. The first kappa shape index (κ1) is 68.3. The lowest BCUT2D eigenvalue weighted by Gasteiger charge is -2.18. The molecule has 0 saturated carbocycles. The first-order chi connectivity index (χ1) is 35.5. The Morgan fingerprint density at radius 2 is 0.597 bits per heavy atom. The molecule has 0 fully saturated rings. The highest BCUT2D eigenvalue weighted by molar-refractivity contribution is 5.71. The van der Waals surface area contributed by atoms with Crippen molar-refractivity contribution < 1.29 is 28.6 Å². The number of esters is 3. The Balaban J connectivity index is 4.45. The van der Waals surface area contributed by atoms with Crippen LogP contribution in [0.1, 0.15) is 284 Å². The molecule has 0 aromatic heterocycles. The van der Waals surface area contributed by atoms with E-state index in [0.717, 1.165) is 103 Å². The second-order valence-corrected chi connectivity index (χ2v) is 20.0. The van der Waals surface area contributed by atoms with Crippen LogP contribution in [0.4, 0.5) is 0 Å². The van der Waals surface area contributed by atoms with Gasteiger partial charge in [0.15, 0.2) is 6.10 Å². The van der Waals surface area contributed by atoms with Gasteiger partial charge in [-0.1, -0.05) is 259 Å². The first-order valence-electron chi connectivity index (χ1n) is 30.3. The summed E-state index contributed by atoms with van der Waals surface area (Å²) in [5.74, 6) is -0.917. The fourth-order valence-corrected chi connectivity index (χ4v) is 8.35. The molecule has 1 unspecified atom stereocenters. The van der Waals surface area contributed by atoms with Gasteiger partial charge in [-0.15, -0.1) is 0 Å². The van der Waals surface area contributed by atoms with Crippen molar-refractivity contribution in [3.05, 3.63) is 97.2 Å². The van der Waals surface area contributed by atoms with Crippen molar-refractivity contribution >= 4 is 17.9 Å². The number of hydrogen-bond donors (Lipinski definition) is 0. The maximum absolute atomic E-state index is 12.9. The van der Waals surface area contributed by atoms with E-state index < -0.39 is 6.10 Å². The van der Waals surface area contributed by atoms with Crippen LogP contribution in [0, 0.1) is 0 Å². The standard InChI is InChI=1S/C66H112O6/c1-4-7-10-13-16-19-22-25-28-31-33-36-38-41-44-47-50-53-56-59-65(68)71-62-63(61-70-64(67)58-55-52-49-46-43-40-37-34-30-27-24-21-18-15-12-9-6-3)72-66(69)60-57-54-51-48-45-42-39-35-32-29-26-23-20-17-14-11-8-5-2/h7,10,16-17,19-20,23,25-30,32,35,39,63H,4-6,8-9,11-15,18,21-22,24,31,33-34,36-38,40-62H2,1-3H3/b10-7-,19-16-,20-17-,26-23-,28-25-,30-27-,32-29-,39-35-. The van der Waals surface area contributed by atoms with E-state index >= 15 is 0 Å². The number of allylic oxidation sites excluding steroid dienone is 16. The molecular formula is C66H112O6. The lowest BCUT2D eigenvalue weighted by atomic mass is 10.1.